The maximum absolute atomic E-state index is 13.3. The first-order valence-corrected chi connectivity index (χ1v) is 12.7. The summed E-state index contributed by atoms with van der Waals surface area (Å²) in [6.45, 7) is 8.01. The molecule has 0 saturated carbocycles. The van der Waals surface area contributed by atoms with E-state index in [1.807, 2.05) is 19.1 Å². The Bertz CT molecular complexity index is 950. The van der Waals surface area contributed by atoms with Gasteiger partial charge in [-0.1, -0.05) is 22.9 Å². The molecule has 0 amide bonds. The van der Waals surface area contributed by atoms with E-state index in [1.54, 1.807) is 0 Å². The highest BCUT2D eigenvalue weighted by atomic mass is 79.9. The Balaban J connectivity index is 1.93. The number of Topliss-reactive ketones (excluding diaryl/α,β-unsaturated/α-hetero) is 2. The lowest BCUT2D eigenvalue weighted by Crippen LogP contribution is -2.39. The highest BCUT2D eigenvalue weighted by Crippen LogP contribution is 2.51. The summed E-state index contributed by atoms with van der Waals surface area (Å²) in [6.07, 6.45) is 5.47. The van der Waals surface area contributed by atoms with Gasteiger partial charge in [-0.3, -0.25) is 9.59 Å². The maximum atomic E-state index is 13.3. The van der Waals surface area contributed by atoms with Crippen LogP contribution in [-0.2, 0) is 9.59 Å². The zero-order chi connectivity index (χ0) is 22.8. The molecule has 1 heterocycles. The summed E-state index contributed by atoms with van der Waals surface area (Å²) < 4.78 is 12.7. The van der Waals surface area contributed by atoms with Crippen LogP contribution in [0.2, 0.25) is 0 Å². The highest BCUT2D eigenvalue weighted by Gasteiger charge is 2.43. The monoisotopic (exact) mass is 501 g/mol. The van der Waals surface area contributed by atoms with Gasteiger partial charge >= 0.3 is 0 Å². The Kier molecular flexibility index (Phi) is 7.08. The van der Waals surface area contributed by atoms with Gasteiger partial charge in [-0.15, -0.1) is 0 Å². The van der Waals surface area contributed by atoms with Gasteiger partial charge < -0.3 is 14.4 Å². The number of halogens is 1. The second-order valence-corrected chi connectivity index (χ2v) is 9.41. The van der Waals surface area contributed by atoms with E-state index >= 15 is 0 Å². The van der Waals surface area contributed by atoms with Crippen LogP contribution in [0.25, 0.3) is 0 Å². The highest BCUT2D eigenvalue weighted by molar-refractivity contribution is 9.10. The number of carbonyl (C=O) groups excluding carboxylic acids is 2. The molecule has 32 heavy (non-hydrogen) atoms. The van der Waals surface area contributed by atoms with Crippen LogP contribution in [0.15, 0.2) is 39.1 Å². The second-order valence-electron chi connectivity index (χ2n) is 8.55. The van der Waals surface area contributed by atoms with E-state index in [0.29, 0.717) is 37.6 Å². The summed E-state index contributed by atoms with van der Waals surface area (Å²) >= 11 is 3.75. The first kappa shape index (κ1) is 23.1. The number of benzene rings is 1. The average molecular weight is 502 g/mol. The summed E-state index contributed by atoms with van der Waals surface area (Å²) in [7, 11) is 0. The van der Waals surface area contributed by atoms with Crippen LogP contribution >= 0.6 is 15.9 Å². The largest absolute Gasteiger partial charge is 0.490 e. The predicted molar refractivity (Wildman–Crippen MR) is 128 cm³/mol. The fourth-order valence-corrected chi connectivity index (χ4v) is 5.83. The number of ether oxygens (including phenoxy) is 2. The summed E-state index contributed by atoms with van der Waals surface area (Å²) in [5, 5.41) is 0. The molecular formula is C26H32BrNO4. The molecule has 172 valence electrons. The Morgan fingerprint density at radius 1 is 0.906 bits per heavy atom. The molecule has 5 nitrogen and oxygen atoms in total. The fourth-order valence-electron chi connectivity index (χ4n) is 5.27. The van der Waals surface area contributed by atoms with Crippen molar-refractivity contribution in [3.8, 4) is 11.5 Å². The standard InChI is InChI=1S/C26H32BrNO4/c1-4-13-32-23-15-17(27)16(14-22(23)31-6-3)24-25-18(9-7-11-20(25)29)28(5-2)19-10-8-12-21(30)26(19)24/h14-15,24H,4-13H2,1-3H3. The zero-order valence-electron chi connectivity index (χ0n) is 19.3. The Morgan fingerprint density at radius 2 is 1.50 bits per heavy atom. The van der Waals surface area contributed by atoms with Crippen LogP contribution in [0.5, 0.6) is 11.5 Å². The summed E-state index contributed by atoms with van der Waals surface area (Å²) in [5.41, 5.74) is 4.74. The minimum atomic E-state index is -0.350. The van der Waals surface area contributed by atoms with Crippen LogP contribution in [0.1, 0.15) is 77.2 Å². The SMILES string of the molecule is CCCOc1cc(Br)c(C2C3=C(CCCC3=O)N(CC)C3=C2C(=O)CCC3)cc1OCC. The lowest BCUT2D eigenvalue weighted by molar-refractivity contribution is -0.117. The summed E-state index contributed by atoms with van der Waals surface area (Å²) in [5.74, 6) is 1.32. The van der Waals surface area contributed by atoms with Crippen molar-refractivity contribution in [2.75, 3.05) is 19.8 Å². The molecule has 1 aromatic rings. The minimum Gasteiger partial charge on any atom is -0.490 e. The number of rotatable bonds is 7. The molecule has 0 aromatic heterocycles. The second kappa shape index (κ2) is 9.82. The van der Waals surface area contributed by atoms with Crippen LogP contribution in [0.4, 0.5) is 0 Å². The number of nitrogens with zero attached hydrogens (tertiary/aromatic N) is 1. The fraction of sp³-hybridized carbons (Fsp3) is 0.538. The normalized spacial score (nSPS) is 19.3. The molecule has 3 aliphatic rings. The first-order valence-electron chi connectivity index (χ1n) is 11.9. The summed E-state index contributed by atoms with van der Waals surface area (Å²) in [4.78, 5) is 28.8. The van der Waals surface area contributed by atoms with Gasteiger partial charge in [-0.2, -0.15) is 0 Å². The van der Waals surface area contributed by atoms with E-state index in [9.17, 15) is 9.59 Å². The van der Waals surface area contributed by atoms with Crippen LogP contribution < -0.4 is 9.47 Å². The van der Waals surface area contributed by atoms with Gasteiger partial charge in [-0.05, 0) is 63.6 Å². The van der Waals surface area contributed by atoms with E-state index in [-0.39, 0.29) is 17.5 Å². The van der Waals surface area contributed by atoms with Crippen molar-refractivity contribution in [2.24, 2.45) is 0 Å². The van der Waals surface area contributed by atoms with E-state index < -0.39 is 0 Å². The predicted octanol–water partition coefficient (Wildman–Crippen LogP) is 6.07. The van der Waals surface area contributed by atoms with Crippen molar-refractivity contribution in [3.05, 3.63) is 44.7 Å². The number of carbonyl (C=O) groups is 2. The Hall–Kier alpha value is -2.08. The van der Waals surface area contributed by atoms with Crippen molar-refractivity contribution in [3.63, 3.8) is 0 Å². The minimum absolute atomic E-state index is 0.163. The van der Waals surface area contributed by atoms with Gasteiger partial charge in [0.15, 0.2) is 23.1 Å². The van der Waals surface area contributed by atoms with Crippen LogP contribution in [-0.4, -0.2) is 36.2 Å². The lowest BCUT2D eigenvalue weighted by Gasteiger charge is -2.43. The smallest absolute Gasteiger partial charge is 0.162 e. The van der Waals surface area contributed by atoms with Gasteiger partial charge in [0.25, 0.3) is 0 Å². The molecular weight excluding hydrogens is 470 g/mol. The molecule has 0 spiro atoms. The third kappa shape index (κ3) is 4.02. The third-order valence-corrected chi connectivity index (χ3v) is 7.23. The molecule has 1 aromatic carbocycles. The number of allylic oxidation sites excluding steroid dienone is 4. The van der Waals surface area contributed by atoms with E-state index in [4.69, 9.17) is 9.47 Å². The van der Waals surface area contributed by atoms with Gasteiger partial charge in [0.2, 0.25) is 0 Å². The average Bonchev–Trinajstić information content (AvgIpc) is 2.78. The van der Waals surface area contributed by atoms with Crippen molar-refractivity contribution >= 4 is 27.5 Å². The molecule has 0 saturated heterocycles. The molecule has 0 N–H and O–H groups in total. The molecule has 0 fully saturated rings. The molecule has 0 radical (unpaired) electrons. The zero-order valence-corrected chi connectivity index (χ0v) is 20.8. The topological polar surface area (TPSA) is 55.8 Å². The van der Waals surface area contributed by atoms with E-state index in [1.165, 1.54) is 0 Å². The van der Waals surface area contributed by atoms with E-state index in [2.05, 4.69) is 34.7 Å². The molecule has 1 aliphatic heterocycles. The van der Waals surface area contributed by atoms with E-state index in [0.717, 1.165) is 71.2 Å². The molecule has 0 atom stereocenters. The number of ketones is 2. The Morgan fingerprint density at radius 3 is 2.03 bits per heavy atom. The quantitative estimate of drug-likeness (QED) is 0.453. The molecule has 0 unspecified atom stereocenters. The van der Waals surface area contributed by atoms with Crippen molar-refractivity contribution in [1.82, 2.24) is 4.90 Å². The van der Waals surface area contributed by atoms with Crippen molar-refractivity contribution in [1.29, 1.82) is 0 Å². The van der Waals surface area contributed by atoms with Gasteiger partial charge in [0.1, 0.15) is 0 Å². The third-order valence-electron chi connectivity index (χ3n) is 6.54. The summed E-state index contributed by atoms with van der Waals surface area (Å²) in [6, 6.07) is 3.91. The van der Waals surface area contributed by atoms with Gasteiger partial charge in [0, 0.05) is 52.3 Å². The van der Waals surface area contributed by atoms with Crippen LogP contribution in [0.3, 0.4) is 0 Å². The molecule has 0 bridgehead atoms. The lowest BCUT2D eigenvalue weighted by atomic mass is 9.71. The van der Waals surface area contributed by atoms with Crippen molar-refractivity contribution < 1.29 is 19.1 Å². The molecule has 2 aliphatic carbocycles. The number of hydrogen-bond donors (Lipinski definition) is 0. The van der Waals surface area contributed by atoms with Gasteiger partial charge in [0.05, 0.1) is 13.2 Å². The first-order chi connectivity index (χ1) is 15.5. The number of hydrogen-bond acceptors (Lipinski definition) is 5. The van der Waals surface area contributed by atoms with Crippen molar-refractivity contribution in [2.45, 2.75) is 71.6 Å². The Labute approximate surface area is 199 Å². The molecule has 6 heteroatoms. The van der Waals surface area contributed by atoms with Gasteiger partial charge in [-0.25, -0.2) is 0 Å². The maximum Gasteiger partial charge on any atom is 0.162 e. The van der Waals surface area contributed by atoms with Crippen LogP contribution in [0, 0.1) is 0 Å². The molecule has 4 rings (SSSR count).